The fourth-order valence-electron chi connectivity index (χ4n) is 3.75. The van der Waals surface area contributed by atoms with E-state index in [1.807, 2.05) is 0 Å². The molecule has 4 heterocycles. The van der Waals surface area contributed by atoms with E-state index in [0.717, 1.165) is 57.1 Å². The van der Waals surface area contributed by atoms with Crippen LogP contribution >= 0.6 is 22.7 Å². The number of ether oxygens (including phenoxy) is 2. The summed E-state index contributed by atoms with van der Waals surface area (Å²) in [6.45, 7) is 3.46. The second-order valence-corrected chi connectivity index (χ2v) is 8.63. The summed E-state index contributed by atoms with van der Waals surface area (Å²) >= 11 is 3.51. The molecule has 0 aliphatic carbocycles. The van der Waals surface area contributed by atoms with Gasteiger partial charge in [0, 0.05) is 37.8 Å². The van der Waals surface area contributed by atoms with Crippen LogP contribution in [0.5, 0.6) is 0 Å². The lowest BCUT2D eigenvalue weighted by atomic mass is 9.83. The Morgan fingerprint density at radius 1 is 1.29 bits per heavy atom. The van der Waals surface area contributed by atoms with Gasteiger partial charge in [0.2, 0.25) is 0 Å². The molecule has 24 heavy (non-hydrogen) atoms. The topological polar surface area (TPSA) is 34.6 Å². The fraction of sp³-hybridized carbons (Fsp3) is 0.611. The predicted octanol–water partition coefficient (Wildman–Crippen LogP) is 4.03. The largest absolute Gasteiger partial charge is 0.381 e. The van der Waals surface area contributed by atoms with Gasteiger partial charge in [-0.15, -0.1) is 22.7 Å². The maximum Gasteiger partial charge on any atom is 0.133 e. The normalized spacial score (nSPS) is 23.8. The van der Waals surface area contributed by atoms with Gasteiger partial charge in [0.25, 0.3) is 0 Å². The number of thiophene rings is 1. The molecular formula is C18H24N2O2S2. The predicted molar refractivity (Wildman–Crippen MR) is 98.7 cm³/mol. The van der Waals surface area contributed by atoms with Crippen LogP contribution in [0.2, 0.25) is 0 Å². The first-order valence-corrected chi connectivity index (χ1v) is 10.4. The zero-order chi connectivity index (χ0) is 16.4. The number of nitrogens with zero attached hydrogens (tertiary/aromatic N) is 2. The molecular weight excluding hydrogens is 340 g/mol. The Hall–Kier alpha value is -0.790. The second-order valence-electron chi connectivity index (χ2n) is 6.83. The number of rotatable bonds is 4. The van der Waals surface area contributed by atoms with Crippen LogP contribution in [0.4, 0.5) is 0 Å². The van der Waals surface area contributed by atoms with E-state index in [9.17, 15) is 0 Å². The van der Waals surface area contributed by atoms with Gasteiger partial charge in [-0.25, -0.2) is 4.98 Å². The van der Waals surface area contributed by atoms with Crippen molar-refractivity contribution >= 4 is 22.7 Å². The third-order valence-electron chi connectivity index (χ3n) is 5.19. The summed E-state index contributed by atoms with van der Waals surface area (Å²) < 4.78 is 11.7. The Bertz CT molecular complexity index is 644. The molecule has 0 bridgehead atoms. The third-order valence-corrected chi connectivity index (χ3v) is 7.12. The van der Waals surface area contributed by atoms with E-state index in [2.05, 4.69) is 34.8 Å². The van der Waals surface area contributed by atoms with Gasteiger partial charge in [-0.2, -0.15) is 0 Å². The van der Waals surface area contributed by atoms with Crippen molar-refractivity contribution in [2.24, 2.45) is 0 Å². The Morgan fingerprint density at radius 3 is 2.96 bits per heavy atom. The van der Waals surface area contributed by atoms with E-state index in [1.54, 1.807) is 22.7 Å². The summed E-state index contributed by atoms with van der Waals surface area (Å²) in [5, 5.41) is 5.45. The van der Waals surface area contributed by atoms with Gasteiger partial charge in [-0.05, 0) is 44.2 Å². The monoisotopic (exact) mass is 364 g/mol. The van der Waals surface area contributed by atoms with Gasteiger partial charge in [-0.3, -0.25) is 4.90 Å². The first kappa shape index (κ1) is 16.7. The van der Waals surface area contributed by atoms with Crippen molar-refractivity contribution in [3.8, 4) is 9.88 Å². The van der Waals surface area contributed by atoms with Crippen molar-refractivity contribution < 1.29 is 9.47 Å². The summed E-state index contributed by atoms with van der Waals surface area (Å²) in [6, 6.07) is 4.80. The fourth-order valence-corrected chi connectivity index (χ4v) is 5.37. The van der Waals surface area contributed by atoms with Gasteiger partial charge in [0.1, 0.15) is 5.01 Å². The van der Waals surface area contributed by atoms with Crippen molar-refractivity contribution in [3.05, 3.63) is 28.6 Å². The summed E-state index contributed by atoms with van der Waals surface area (Å²) in [7, 11) is 2.23. The molecule has 2 saturated heterocycles. The quantitative estimate of drug-likeness (QED) is 0.820. The average Bonchev–Trinajstić information content (AvgIpc) is 3.27. The van der Waals surface area contributed by atoms with Crippen LogP contribution in [0, 0.1) is 0 Å². The van der Waals surface area contributed by atoms with Crippen LogP contribution in [-0.4, -0.2) is 48.4 Å². The third kappa shape index (κ3) is 3.58. The van der Waals surface area contributed by atoms with Crippen molar-refractivity contribution in [1.82, 2.24) is 9.88 Å². The Labute approximate surface area is 151 Å². The lowest BCUT2D eigenvalue weighted by Gasteiger charge is -2.45. The van der Waals surface area contributed by atoms with Gasteiger partial charge in [0.05, 0.1) is 16.2 Å². The van der Waals surface area contributed by atoms with Crippen LogP contribution in [-0.2, 0) is 16.0 Å². The molecule has 0 unspecified atom stereocenters. The van der Waals surface area contributed by atoms with Crippen LogP contribution in [0.15, 0.2) is 22.9 Å². The Balaban J connectivity index is 1.39. The standard InChI is InChI=1S/C18H24N2O2S2/c1-20(12-14-13-24-17(19-14)16-3-2-10-23-16)15-4-7-22-18(11-15)5-8-21-9-6-18/h2-3,10,13,15H,4-9,11-12H2,1H3/t15-/m0/s1. The number of thiazole rings is 1. The molecule has 1 spiro atoms. The highest BCUT2D eigenvalue weighted by atomic mass is 32.1. The van der Waals surface area contributed by atoms with E-state index in [4.69, 9.17) is 14.5 Å². The molecule has 2 aliphatic heterocycles. The van der Waals surface area contributed by atoms with Gasteiger partial charge < -0.3 is 9.47 Å². The molecule has 1 atom stereocenters. The minimum atomic E-state index is 0.0552. The SMILES string of the molecule is CN(Cc1csc(-c2cccs2)n1)[C@H]1CCOC2(CCOCC2)C1. The van der Waals surface area contributed by atoms with Crippen LogP contribution in [0.1, 0.15) is 31.4 Å². The van der Waals surface area contributed by atoms with Gasteiger partial charge >= 0.3 is 0 Å². The van der Waals surface area contributed by atoms with Crippen molar-refractivity contribution in [3.63, 3.8) is 0 Å². The summed E-state index contributed by atoms with van der Waals surface area (Å²) in [5.74, 6) is 0. The summed E-state index contributed by atoms with van der Waals surface area (Å²) in [6.07, 6.45) is 4.31. The van der Waals surface area contributed by atoms with E-state index >= 15 is 0 Å². The molecule has 6 heteroatoms. The van der Waals surface area contributed by atoms with E-state index in [-0.39, 0.29) is 5.60 Å². The molecule has 0 amide bonds. The highest BCUT2D eigenvalue weighted by molar-refractivity contribution is 7.20. The zero-order valence-electron chi connectivity index (χ0n) is 14.1. The second kappa shape index (κ2) is 7.22. The molecule has 2 aromatic rings. The minimum Gasteiger partial charge on any atom is -0.381 e. The zero-order valence-corrected chi connectivity index (χ0v) is 15.7. The number of hydrogen-bond acceptors (Lipinski definition) is 6. The van der Waals surface area contributed by atoms with Crippen LogP contribution < -0.4 is 0 Å². The molecule has 4 nitrogen and oxygen atoms in total. The highest BCUT2D eigenvalue weighted by Crippen LogP contribution is 2.36. The minimum absolute atomic E-state index is 0.0552. The number of aromatic nitrogens is 1. The van der Waals surface area contributed by atoms with E-state index < -0.39 is 0 Å². The van der Waals surface area contributed by atoms with Crippen molar-refractivity contribution in [2.45, 2.75) is 43.9 Å². The van der Waals surface area contributed by atoms with E-state index in [1.165, 1.54) is 10.6 Å². The first-order valence-electron chi connectivity index (χ1n) is 8.64. The molecule has 2 fully saturated rings. The molecule has 0 aromatic carbocycles. The lowest BCUT2D eigenvalue weighted by molar-refractivity contribution is -0.150. The first-order chi connectivity index (χ1) is 11.7. The summed E-state index contributed by atoms with van der Waals surface area (Å²) in [5.41, 5.74) is 1.23. The Morgan fingerprint density at radius 2 is 2.17 bits per heavy atom. The lowest BCUT2D eigenvalue weighted by Crippen LogP contribution is -2.50. The van der Waals surface area contributed by atoms with Crippen molar-refractivity contribution in [1.29, 1.82) is 0 Å². The number of hydrogen-bond donors (Lipinski definition) is 0. The van der Waals surface area contributed by atoms with Gasteiger partial charge in [-0.1, -0.05) is 6.07 Å². The molecule has 2 aromatic heterocycles. The summed E-state index contributed by atoms with van der Waals surface area (Å²) in [4.78, 5) is 8.56. The maximum atomic E-state index is 6.17. The van der Waals surface area contributed by atoms with Gasteiger partial charge in [0.15, 0.2) is 0 Å². The molecule has 130 valence electrons. The molecule has 0 radical (unpaired) electrons. The average molecular weight is 365 g/mol. The smallest absolute Gasteiger partial charge is 0.133 e. The molecule has 2 aliphatic rings. The molecule has 0 N–H and O–H groups in total. The van der Waals surface area contributed by atoms with E-state index in [0.29, 0.717) is 6.04 Å². The maximum absolute atomic E-state index is 6.17. The molecule has 0 saturated carbocycles. The highest BCUT2D eigenvalue weighted by Gasteiger charge is 2.40. The molecule has 4 rings (SSSR count). The Kier molecular flexibility index (Phi) is 5.01. The van der Waals surface area contributed by atoms with Crippen molar-refractivity contribution in [2.75, 3.05) is 26.9 Å². The van der Waals surface area contributed by atoms with Crippen LogP contribution in [0.3, 0.4) is 0 Å². The van der Waals surface area contributed by atoms with Crippen LogP contribution in [0.25, 0.3) is 9.88 Å².